The van der Waals surface area contributed by atoms with Gasteiger partial charge in [0.15, 0.2) is 11.9 Å². The Bertz CT molecular complexity index is 1200. The van der Waals surface area contributed by atoms with Gasteiger partial charge in [-0.15, -0.1) is 0 Å². The predicted octanol–water partition coefficient (Wildman–Crippen LogP) is 2.31. The van der Waals surface area contributed by atoms with Gasteiger partial charge in [0.05, 0.1) is 16.6 Å². The number of nitriles is 1. The molecule has 156 valence electrons. The Labute approximate surface area is 181 Å². The van der Waals surface area contributed by atoms with Crippen LogP contribution in [0.15, 0.2) is 36.4 Å². The fourth-order valence-electron chi connectivity index (χ4n) is 7.89. The Morgan fingerprint density at radius 3 is 2.61 bits per heavy atom. The zero-order valence-electron chi connectivity index (χ0n) is 17.5. The molecule has 2 fully saturated rings. The molecule has 1 saturated heterocycles. The summed E-state index contributed by atoms with van der Waals surface area (Å²) in [6, 6.07) is 14.3. The van der Waals surface area contributed by atoms with Crippen molar-refractivity contribution in [2.75, 3.05) is 13.6 Å². The molecule has 2 aromatic rings. The minimum Gasteiger partial charge on any atom is -0.480 e. The van der Waals surface area contributed by atoms with Crippen molar-refractivity contribution in [2.45, 2.75) is 55.3 Å². The first-order valence-electron chi connectivity index (χ1n) is 11.2. The lowest BCUT2D eigenvalue weighted by atomic mass is 9.44. The molecule has 0 radical (unpaired) electrons. The summed E-state index contributed by atoms with van der Waals surface area (Å²) in [5, 5.41) is 22.4. The molecule has 31 heavy (non-hydrogen) atoms. The summed E-state index contributed by atoms with van der Waals surface area (Å²) in [4.78, 5) is 16.5. The summed E-state index contributed by atoms with van der Waals surface area (Å²) < 4.78 is 6.45. The number of fused-ring (bicyclic) bond motifs is 1. The van der Waals surface area contributed by atoms with Crippen LogP contribution in [0.4, 0.5) is 0 Å². The highest BCUT2D eigenvalue weighted by atomic mass is 16.5. The standard InChI is InChI=1S/C26H24N2O3/c1-28-9-8-25-20-15-6-7-18(13-27)21(20)31-23(25)22(29)24(14-26(25,30)19(28)10-15)11-16-4-2-3-5-17(16)12-24/h2-7,19,23,30H,8-12,14H2,1H3. The van der Waals surface area contributed by atoms with Crippen LogP contribution in [0, 0.1) is 16.7 Å². The van der Waals surface area contributed by atoms with E-state index in [1.807, 2.05) is 24.3 Å². The third-order valence-corrected chi connectivity index (χ3v) is 9.17. The van der Waals surface area contributed by atoms with Crippen LogP contribution in [0.25, 0.3) is 0 Å². The van der Waals surface area contributed by atoms with E-state index in [4.69, 9.17) is 4.74 Å². The van der Waals surface area contributed by atoms with Gasteiger partial charge in [0.1, 0.15) is 11.8 Å². The van der Waals surface area contributed by atoms with Crippen LogP contribution in [0.2, 0.25) is 0 Å². The average molecular weight is 412 g/mol. The molecule has 5 aliphatic rings. The molecule has 3 aliphatic carbocycles. The summed E-state index contributed by atoms with van der Waals surface area (Å²) in [5.41, 5.74) is 2.49. The largest absolute Gasteiger partial charge is 0.480 e. The van der Waals surface area contributed by atoms with Crippen molar-refractivity contribution in [3.05, 3.63) is 64.2 Å². The molecule has 1 N–H and O–H groups in total. The molecule has 0 aromatic heterocycles. The molecular formula is C26H24N2O3. The number of ketones is 1. The second-order valence-electron chi connectivity index (χ2n) is 10.4. The fourth-order valence-corrected chi connectivity index (χ4v) is 7.89. The van der Waals surface area contributed by atoms with E-state index in [0.29, 0.717) is 37.0 Å². The van der Waals surface area contributed by atoms with Crippen LogP contribution < -0.4 is 4.74 Å². The number of likely N-dealkylation sites (N-methyl/N-ethyl adjacent to an activating group) is 1. The molecule has 4 atom stereocenters. The molecule has 5 heteroatoms. The number of ether oxygens (including phenoxy) is 1. The smallest absolute Gasteiger partial charge is 0.181 e. The highest BCUT2D eigenvalue weighted by Gasteiger charge is 2.77. The number of Topliss-reactive ketones (excluding diaryl/α,β-unsaturated/α-hetero) is 1. The van der Waals surface area contributed by atoms with Crippen molar-refractivity contribution >= 4 is 5.78 Å². The van der Waals surface area contributed by atoms with Gasteiger partial charge in [0.2, 0.25) is 0 Å². The topological polar surface area (TPSA) is 73.6 Å². The van der Waals surface area contributed by atoms with Gasteiger partial charge in [-0.2, -0.15) is 5.26 Å². The number of carbonyl (C=O) groups is 1. The van der Waals surface area contributed by atoms with Gasteiger partial charge in [0.25, 0.3) is 0 Å². The Hall–Kier alpha value is -2.68. The van der Waals surface area contributed by atoms with E-state index < -0.39 is 22.5 Å². The summed E-state index contributed by atoms with van der Waals surface area (Å²) in [5.74, 6) is 0.664. The van der Waals surface area contributed by atoms with E-state index in [2.05, 4.69) is 30.1 Å². The number of piperidine rings is 1. The number of likely N-dealkylation sites (tertiary alicyclic amines) is 1. The van der Waals surface area contributed by atoms with Crippen molar-refractivity contribution in [3.63, 3.8) is 0 Å². The molecule has 0 amide bonds. The van der Waals surface area contributed by atoms with E-state index in [1.165, 1.54) is 11.1 Å². The van der Waals surface area contributed by atoms with Gasteiger partial charge in [-0.05, 0) is 68.5 Å². The molecule has 2 aromatic carbocycles. The molecule has 5 nitrogen and oxygen atoms in total. The number of aliphatic hydroxyl groups is 1. The second-order valence-corrected chi connectivity index (χ2v) is 10.4. The van der Waals surface area contributed by atoms with Crippen LogP contribution >= 0.6 is 0 Å². The van der Waals surface area contributed by atoms with E-state index in [0.717, 1.165) is 24.1 Å². The fraction of sp³-hybridized carbons (Fsp3) is 0.462. The molecule has 7 rings (SSSR count). The number of hydrogen-bond acceptors (Lipinski definition) is 5. The van der Waals surface area contributed by atoms with Gasteiger partial charge in [0, 0.05) is 17.0 Å². The van der Waals surface area contributed by atoms with Crippen LogP contribution in [-0.2, 0) is 29.5 Å². The lowest BCUT2D eigenvalue weighted by Gasteiger charge is -2.64. The van der Waals surface area contributed by atoms with Crippen LogP contribution in [0.3, 0.4) is 0 Å². The monoisotopic (exact) mass is 412 g/mol. The lowest BCUT2D eigenvalue weighted by molar-refractivity contribution is -0.206. The van der Waals surface area contributed by atoms with Gasteiger partial charge < -0.3 is 14.7 Å². The van der Waals surface area contributed by atoms with E-state index in [1.54, 1.807) is 0 Å². The quantitative estimate of drug-likeness (QED) is 0.719. The predicted molar refractivity (Wildman–Crippen MR) is 113 cm³/mol. The van der Waals surface area contributed by atoms with E-state index in [-0.39, 0.29) is 11.8 Å². The van der Waals surface area contributed by atoms with Crippen LogP contribution in [0.5, 0.6) is 5.75 Å². The summed E-state index contributed by atoms with van der Waals surface area (Å²) in [6.07, 6.45) is 2.44. The SMILES string of the molecule is CN1CCC23c4c5ccc(C#N)c4OC2C(=O)C2(Cc4ccccc4C2)CC3(O)C1C5. The molecule has 2 heterocycles. The van der Waals surface area contributed by atoms with Gasteiger partial charge in [-0.3, -0.25) is 4.79 Å². The first-order valence-corrected chi connectivity index (χ1v) is 11.2. The number of nitrogens with zero attached hydrogens (tertiary/aromatic N) is 2. The summed E-state index contributed by atoms with van der Waals surface area (Å²) in [6.45, 7) is 0.809. The number of hydrogen-bond donors (Lipinski definition) is 1. The maximum Gasteiger partial charge on any atom is 0.181 e. The Morgan fingerprint density at radius 2 is 1.90 bits per heavy atom. The van der Waals surface area contributed by atoms with Crippen molar-refractivity contribution in [3.8, 4) is 11.8 Å². The van der Waals surface area contributed by atoms with Crippen LogP contribution in [0.1, 0.15) is 40.7 Å². The van der Waals surface area contributed by atoms with Gasteiger partial charge in [-0.25, -0.2) is 0 Å². The number of rotatable bonds is 0. The zero-order chi connectivity index (χ0) is 21.2. The van der Waals surface area contributed by atoms with Crippen molar-refractivity contribution in [2.24, 2.45) is 5.41 Å². The Kier molecular flexibility index (Phi) is 3.11. The Morgan fingerprint density at radius 1 is 1.16 bits per heavy atom. The molecule has 4 unspecified atom stereocenters. The maximum absolute atomic E-state index is 14.2. The minimum absolute atomic E-state index is 0.0626. The summed E-state index contributed by atoms with van der Waals surface area (Å²) in [7, 11) is 2.09. The van der Waals surface area contributed by atoms with E-state index >= 15 is 0 Å². The average Bonchev–Trinajstić information content (AvgIpc) is 3.30. The molecular weight excluding hydrogens is 388 g/mol. The lowest BCUT2D eigenvalue weighted by Crippen LogP contribution is -2.79. The molecule has 2 aliphatic heterocycles. The van der Waals surface area contributed by atoms with Gasteiger partial charge >= 0.3 is 0 Å². The van der Waals surface area contributed by atoms with Crippen LogP contribution in [-0.4, -0.2) is 47.1 Å². The third kappa shape index (κ3) is 1.81. The number of carbonyl (C=O) groups excluding carboxylic acids is 1. The van der Waals surface area contributed by atoms with Crippen molar-refractivity contribution < 1.29 is 14.6 Å². The number of benzene rings is 2. The second kappa shape index (κ2) is 5.38. The summed E-state index contributed by atoms with van der Waals surface area (Å²) >= 11 is 0. The molecule has 2 spiro atoms. The molecule has 2 bridgehead atoms. The normalized spacial score (nSPS) is 36.0. The third-order valence-electron chi connectivity index (χ3n) is 9.17. The Balaban J connectivity index is 1.48. The molecule has 1 saturated carbocycles. The van der Waals surface area contributed by atoms with Gasteiger partial charge in [-0.1, -0.05) is 30.3 Å². The minimum atomic E-state index is -1.06. The first kappa shape index (κ1) is 17.9. The highest BCUT2D eigenvalue weighted by Crippen LogP contribution is 2.67. The van der Waals surface area contributed by atoms with Crippen molar-refractivity contribution in [1.82, 2.24) is 4.90 Å². The first-order chi connectivity index (χ1) is 14.9. The zero-order valence-corrected chi connectivity index (χ0v) is 17.5. The van der Waals surface area contributed by atoms with E-state index in [9.17, 15) is 15.2 Å². The van der Waals surface area contributed by atoms with Crippen molar-refractivity contribution in [1.29, 1.82) is 5.26 Å². The highest BCUT2D eigenvalue weighted by molar-refractivity contribution is 5.96. The maximum atomic E-state index is 14.2.